The lowest BCUT2D eigenvalue weighted by atomic mass is 9.99. The van der Waals surface area contributed by atoms with Gasteiger partial charge in [0.2, 0.25) is 0 Å². The standard InChI is InChI=1S/C23H24N4O2S/c24-18-8-6-16(7-9-18)21-15-30-22(25-21)14-27-13-17-4-1-2-5-19(17)20(26-27)12-23-28-10-3-11-29-23/h1-2,4-9,15,23H,3,10-14,24H2. The summed E-state index contributed by atoms with van der Waals surface area (Å²) < 4.78 is 11.5. The summed E-state index contributed by atoms with van der Waals surface area (Å²) >= 11 is 1.66. The molecule has 30 heavy (non-hydrogen) atoms. The van der Waals surface area contributed by atoms with Gasteiger partial charge >= 0.3 is 0 Å². The summed E-state index contributed by atoms with van der Waals surface area (Å²) in [5, 5.41) is 10.2. The molecule has 0 atom stereocenters. The highest BCUT2D eigenvalue weighted by atomic mass is 32.1. The Kier molecular flexibility index (Phi) is 5.48. The number of anilines is 1. The van der Waals surface area contributed by atoms with Crippen molar-refractivity contribution in [2.24, 2.45) is 5.10 Å². The van der Waals surface area contributed by atoms with Crippen molar-refractivity contribution in [3.05, 3.63) is 70.0 Å². The molecule has 2 aliphatic rings. The molecule has 1 fully saturated rings. The summed E-state index contributed by atoms with van der Waals surface area (Å²) in [6, 6.07) is 16.3. The van der Waals surface area contributed by atoms with Crippen LogP contribution in [0.4, 0.5) is 5.69 Å². The number of nitrogen functional groups attached to an aromatic ring is 1. The average Bonchev–Trinajstić information content (AvgIpc) is 3.23. The third kappa shape index (κ3) is 4.23. The molecule has 5 rings (SSSR count). The number of fused-ring (bicyclic) bond motifs is 1. The third-order valence-electron chi connectivity index (χ3n) is 5.28. The summed E-state index contributed by atoms with van der Waals surface area (Å²) in [5.41, 5.74) is 12.1. The van der Waals surface area contributed by atoms with Gasteiger partial charge in [0.1, 0.15) is 5.01 Å². The molecule has 1 saturated heterocycles. The van der Waals surface area contributed by atoms with Gasteiger partial charge in [-0.2, -0.15) is 5.10 Å². The predicted molar refractivity (Wildman–Crippen MR) is 119 cm³/mol. The van der Waals surface area contributed by atoms with Crippen LogP contribution in [0.5, 0.6) is 0 Å². The van der Waals surface area contributed by atoms with Crippen molar-refractivity contribution in [3.63, 3.8) is 0 Å². The molecule has 3 aromatic rings. The third-order valence-corrected chi connectivity index (χ3v) is 6.11. The van der Waals surface area contributed by atoms with E-state index in [0.717, 1.165) is 53.8 Å². The fraction of sp³-hybridized carbons (Fsp3) is 0.304. The van der Waals surface area contributed by atoms with E-state index in [1.54, 1.807) is 11.3 Å². The monoisotopic (exact) mass is 420 g/mol. The number of hydrogen-bond acceptors (Lipinski definition) is 7. The largest absolute Gasteiger partial charge is 0.399 e. The van der Waals surface area contributed by atoms with Crippen LogP contribution >= 0.6 is 11.3 Å². The van der Waals surface area contributed by atoms with Crippen LogP contribution in [0.1, 0.15) is 29.0 Å². The van der Waals surface area contributed by atoms with Crippen LogP contribution in [0.2, 0.25) is 0 Å². The van der Waals surface area contributed by atoms with E-state index in [9.17, 15) is 0 Å². The first-order valence-electron chi connectivity index (χ1n) is 10.2. The fourth-order valence-corrected chi connectivity index (χ4v) is 4.59. The molecule has 6 nitrogen and oxygen atoms in total. The molecule has 0 aliphatic carbocycles. The van der Waals surface area contributed by atoms with Gasteiger partial charge in [0.15, 0.2) is 6.29 Å². The molecule has 0 spiro atoms. The summed E-state index contributed by atoms with van der Waals surface area (Å²) in [6.07, 6.45) is 1.39. The molecule has 2 aliphatic heterocycles. The van der Waals surface area contributed by atoms with Crippen molar-refractivity contribution in [1.82, 2.24) is 9.99 Å². The van der Waals surface area contributed by atoms with Crippen molar-refractivity contribution >= 4 is 22.7 Å². The minimum atomic E-state index is -0.220. The Balaban J connectivity index is 1.35. The second-order valence-corrected chi connectivity index (χ2v) is 8.45. The molecular formula is C23H24N4O2S. The van der Waals surface area contributed by atoms with Crippen LogP contribution in [-0.2, 0) is 22.6 Å². The van der Waals surface area contributed by atoms with Crippen molar-refractivity contribution in [2.75, 3.05) is 18.9 Å². The van der Waals surface area contributed by atoms with E-state index in [-0.39, 0.29) is 6.29 Å². The average molecular weight is 421 g/mol. The summed E-state index contributed by atoms with van der Waals surface area (Å²) in [5.74, 6) is 0. The molecule has 1 aromatic heterocycles. The Bertz CT molecular complexity index is 1040. The Hall–Kier alpha value is -2.74. The molecule has 0 unspecified atom stereocenters. The summed E-state index contributed by atoms with van der Waals surface area (Å²) in [4.78, 5) is 4.82. The Morgan fingerprint density at radius 1 is 1.07 bits per heavy atom. The maximum atomic E-state index is 5.80. The second kappa shape index (κ2) is 8.55. The van der Waals surface area contributed by atoms with E-state index < -0.39 is 0 Å². The van der Waals surface area contributed by atoms with Gasteiger partial charge in [-0.1, -0.05) is 36.4 Å². The number of hydrazone groups is 1. The van der Waals surface area contributed by atoms with Gasteiger partial charge in [0.25, 0.3) is 0 Å². The highest BCUT2D eigenvalue weighted by molar-refractivity contribution is 7.09. The maximum Gasteiger partial charge on any atom is 0.163 e. The number of ether oxygens (including phenoxy) is 2. The Morgan fingerprint density at radius 2 is 1.87 bits per heavy atom. The highest BCUT2D eigenvalue weighted by Gasteiger charge is 2.24. The first kappa shape index (κ1) is 19.2. The van der Waals surface area contributed by atoms with Gasteiger partial charge in [0, 0.05) is 28.6 Å². The van der Waals surface area contributed by atoms with Crippen molar-refractivity contribution in [3.8, 4) is 11.3 Å². The number of hydrogen-bond donors (Lipinski definition) is 1. The number of benzene rings is 2. The summed E-state index contributed by atoms with van der Waals surface area (Å²) in [7, 11) is 0. The fourth-order valence-electron chi connectivity index (χ4n) is 3.78. The molecule has 0 amide bonds. The molecular weight excluding hydrogens is 396 g/mol. The molecule has 154 valence electrons. The lowest BCUT2D eigenvalue weighted by Crippen LogP contribution is -2.31. The second-order valence-electron chi connectivity index (χ2n) is 7.50. The van der Waals surface area contributed by atoms with Crippen LogP contribution in [0.3, 0.4) is 0 Å². The van der Waals surface area contributed by atoms with E-state index in [1.807, 2.05) is 24.3 Å². The molecule has 0 radical (unpaired) electrons. The number of nitrogens with zero attached hydrogens (tertiary/aromatic N) is 3. The van der Waals surface area contributed by atoms with E-state index in [0.29, 0.717) is 13.0 Å². The van der Waals surface area contributed by atoms with Gasteiger partial charge < -0.3 is 15.2 Å². The Morgan fingerprint density at radius 3 is 2.70 bits per heavy atom. The SMILES string of the molecule is Nc1ccc(-c2csc(CN3Cc4ccccc4C(CC4OCCCO4)=N3)n2)cc1. The molecule has 3 heterocycles. The Labute approximate surface area is 180 Å². The molecule has 0 saturated carbocycles. The van der Waals surface area contributed by atoms with Crippen LogP contribution in [0.15, 0.2) is 59.0 Å². The van der Waals surface area contributed by atoms with Crippen LogP contribution in [-0.4, -0.2) is 35.2 Å². The van der Waals surface area contributed by atoms with Gasteiger partial charge in [-0.15, -0.1) is 11.3 Å². The molecule has 7 heteroatoms. The molecule has 2 aromatic carbocycles. The lowest BCUT2D eigenvalue weighted by molar-refractivity contribution is -0.173. The highest BCUT2D eigenvalue weighted by Crippen LogP contribution is 2.27. The zero-order chi connectivity index (χ0) is 20.3. The van der Waals surface area contributed by atoms with Gasteiger partial charge in [-0.05, 0) is 24.1 Å². The van der Waals surface area contributed by atoms with Crippen molar-refractivity contribution in [1.29, 1.82) is 0 Å². The van der Waals surface area contributed by atoms with E-state index >= 15 is 0 Å². The first-order valence-corrected chi connectivity index (χ1v) is 11.1. The quantitative estimate of drug-likeness (QED) is 0.624. The minimum absolute atomic E-state index is 0.220. The van der Waals surface area contributed by atoms with Crippen LogP contribution < -0.4 is 5.73 Å². The first-order chi connectivity index (χ1) is 14.7. The van der Waals surface area contributed by atoms with E-state index in [2.05, 4.69) is 34.7 Å². The van der Waals surface area contributed by atoms with Gasteiger partial charge in [0.05, 0.1) is 37.7 Å². The predicted octanol–water partition coefficient (Wildman–Crippen LogP) is 4.27. The van der Waals surface area contributed by atoms with Crippen molar-refractivity contribution in [2.45, 2.75) is 32.2 Å². The van der Waals surface area contributed by atoms with Gasteiger partial charge in [-0.25, -0.2) is 4.98 Å². The number of thiazole rings is 1. The number of aromatic nitrogens is 1. The zero-order valence-corrected chi connectivity index (χ0v) is 17.5. The van der Waals surface area contributed by atoms with E-state index in [4.69, 9.17) is 25.3 Å². The zero-order valence-electron chi connectivity index (χ0n) is 16.7. The smallest absolute Gasteiger partial charge is 0.163 e. The summed E-state index contributed by atoms with van der Waals surface area (Å²) in [6.45, 7) is 2.93. The number of rotatable bonds is 5. The molecule has 0 bridgehead atoms. The van der Waals surface area contributed by atoms with Crippen molar-refractivity contribution < 1.29 is 9.47 Å². The van der Waals surface area contributed by atoms with Crippen LogP contribution in [0.25, 0.3) is 11.3 Å². The van der Waals surface area contributed by atoms with Crippen LogP contribution in [0, 0.1) is 0 Å². The number of nitrogens with two attached hydrogens (primary N) is 1. The maximum absolute atomic E-state index is 5.80. The van der Waals surface area contributed by atoms with E-state index in [1.165, 1.54) is 11.1 Å². The normalized spacial score (nSPS) is 16.9. The van der Waals surface area contributed by atoms with Gasteiger partial charge in [-0.3, -0.25) is 5.01 Å². The molecule has 2 N–H and O–H groups in total. The minimum Gasteiger partial charge on any atom is -0.399 e. The lowest BCUT2D eigenvalue weighted by Gasteiger charge is -2.29. The topological polar surface area (TPSA) is 73.0 Å².